The highest BCUT2D eigenvalue weighted by atomic mass is 15.2. The molecule has 3 nitrogen and oxygen atoms in total. The number of aryl methyl sites for hydroxylation is 2. The summed E-state index contributed by atoms with van der Waals surface area (Å²) in [5.74, 6) is 1.12. The molecule has 0 amide bonds. The standard InChI is InChI=1S/C16H27N3/c1-5-16(4)6-8-19(9-7-16)15-14(11-17)12(2)10-13(3)18-15/h10H,5-9,11,17H2,1-4H3. The third kappa shape index (κ3) is 2.92. The topological polar surface area (TPSA) is 42.2 Å². The molecular weight excluding hydrogens is 234 g/mol. The van der Waals surface area contributed by atoms with Crippen molar-refractivity contribution in [2.75, 3.05) is 18.0 Å². The zero-order valence-electron chi connectivity index (χ0n) is 12.8. The van der Waals surface area contributed by atoms with E-state index in [0.29, 0.717) is 12.0 Å². The second-order valence-electron chi connectivity index (χ2n) is 6.24. The van der Waals surface area contributed by atoms with Gasteiger partial charge in [0.25, 0.3) is 0 Å². The molecule has 3 heteroatoms. The summed E-state index contributed by atoms with van der Waals surface area (Å²) in [6.45, 7) is 11.7. The summed E-state index contributed by atoms with van der Waals surface area (Å²) < 4.78 is 0. The van der Waals surface area contributed by atoms with Crippen molar-refractivity contribution in [2.24, 2.45) is 11.1 Å². The molecule has 0 radical (unpaired) electrons. The van der Waals surface area contributed by atoms with Crippen LogP contribution in [0.2, 0.25) is 0 Å². The normalized spacial score (nSPS) is 18.7. The Kier molecular flexibility index (Phi) is 4.14. The molecule has 0 aliphatic carbocycles. The van der Waals surface area contributed by atoms with E-state index in [4.69, 9.17) is 10.7 Å². The van der Waals surface area contributed by atoms with Gasteiger partial charge in [-0.25, -0.2) is 4.98 Å². The van der Waals surface area contributed by atoms with Crippen LogP contribution in [0.15, 0.2) is 6.07 Å². The van der Waals surface area contributed by atoms with Crippen LogP contribution in [0.4, 0.5) is 5.82 Å². The summed E-state index contributed by atoms with van der Waals surface area (Å²) in [5, 5.41) is 0. The van der Waals surface area contributed by atoms with E-state index in [1.54, 1.807) is 0 Å². The minimum Gasteiger partial charge on any atom is -0.356 e. The molecule has 1 aliphatic rings. The fourth-order valence-electron chi connectivity index (χ4n) is 2.97. The molecule has 2 N–H and O–H groups in total. The van der Waals surface area contributed by atoms with Crippen molar-refractivity contribution < 1.29 is 0 Å². The van der Waals surface area contributed by atoms with E-state index < -0.39 is 0 Å². The zero-order chi connectivity index (χ0) is 14.0. The Hall–Kier alpha value is -1.09. The Labute approximate surface area is 117 Å². The molecule has 0 unspecified atom stereocenters. The molecular formula is C16H27N3. The van der Waals surface area contributed by atoms with E-state index in [2.05, 4.69) is 38.7 Å². The van der Waals surface area contributed by atoms with Crippen LogP contribution in [-0.4, -0.2) is 18.1 Å². The van der Waals surface area contributed by atoms with Gasteiger partial charge in [-0.1, -0.05) is 20.3 Å². The fourth-order valence-corrected chi connectivity index (χ4v) is 2.97. The largest absolute Gasteiger partial charge is 0.356 e. The number of piperidine rings is 1. The minimum absolute atomic E-state index is 0.512. The average molecular weight is 261 g/mol. The predicted octanol–water partition coefficient (Wildman–Crippen LogP) is 3.17. The lowest BCUT2D eigenvalue weighted by molar-refractivity contribution is 0.237. The number of hydrogen-bond acceptors (Lipinski definition) is 3. The van der Waals surface area contributed by atoms with E-state index in [1.165, 1.54) is 30.4 Å². The van der Waals surface area contributed by atoms with Crippen LogP contribution in [0, 0.1) is 19.3 Å². The van der Waals surface area contributed by atoms with Crippen molar-refractivity contribution in [3.63, 3.8) is 0 Å². The molecule has 0 bridgehead atoms. The first-order valence-electron chi connectivity index (χ1n) is 7.41. The molecule has 1 aromatic rings. The molecule has 0 spiro atoms. The Morgan fingerprint density at radius 3 is 2.47 bits per heavy atom. The molecule has 1 aromatic heterocycles. The maximum atomic E-state index is 5.92. The van der Waals surface area contributed by atoms with Crippen molar-refractivity contribution in [2.45, 2.75) is 53.5 Å². The van der Waals surface area contributed by atoms with Crippen LogP contribution in [-0.2, 0) is 6.54 Å². The maximum absolute atomic E-state index is 5.92. The second-order valence-corrected chi connectivity index (χ2v) is 6.24. The van der Waals surface area contributed by atoms with Crippen LogP contribution < -0.4 is 10.6 Å². The number of pyridine rings is 1. The first kappa shape index (κ1) is 14.3. The highest BCUT2D eigenvalue weighted by Gasteiger charge is 2.29. The van der Waals surface area contributed by atoms with E-state index in [-0.39, 0.29) is 0 Å². The number of anilines is 1. The van der Waals surface area contributed by atoms with Crippen LogP contribution in [0.1, 0.15) is 49.9 Å². The summed E-state index contributed by atoms with van der Waals surface area (Å²) in [6.07, 6.45) is 3.77. The first-order valence-corrected chi connectivity index (χ1v) is 7.41. The van der Waals surface area contributed by atoms with Crippen molar-refractivity contribution in [1.82, 2.24) is 4.98 Å². The number of hydrogen-bond donors (Lipinski definition) is 1. The summed E-state index contributed by atoms with van der Waals surface area (Å²) in [6, 6.07) is 2.13. The number of nitrogens with zero attached hydrogens (tertiary/aromatic N) is 2. The quantitative estimate of drug-likeness (QED) is 0.908. The van der Waals surface area contributed by atoms with Gasteiger partial charge in [0.05, 0.1) is 0 Å². The fraction of sp³-hybridized carbons (Fsp3) is 0.688. The van der Waals surface area contributed by atoms with Gasteiger partial charge in [-0.3, -0.25) is 0 Å². The van der Waals surface area contributed by atoms with Crippen molar-refractivity contribution in [3.8, 4) is 0 Å². The third-order valence-corrected chi connectivity index (χ3v) is 4.78. The second kappa shape index (κ2) is 5.49. The molecule has 0 aromatic carbocycles. The van der Waals surface area contributed by atoms with E-state index in [1.807, 2.05) is 0 Å². The molecule has 1 aliphatic heterocycles. The molecule has 2 rings (SSSR count). The predicted molar refractivity (Wildman–Crippen MR) is 81.4 cm³/mol. The van der Waals surface area contributed by atoms with Crippen LogP contribution in [0.3, 0.4) is 0 Å². The monoisotopic (exact) mass is 261 g/mol. The summed E-state index contributed by atoms with van der Waals surface area (Å²) in [5.41, 5.74) is 10.0. The number of rotatable bonds is 3. The third-order valence-electron chi connectivity index (χ3n) is 4.78. The minimum atomic E-state index is 0.512. The highest BCUT2D eigenvalue weighted by molar-refractivity contribution is 5.52. The molecule has 19 heavy (non-hydrogen) atoms. The zero-order valence-corrected chi connectivity index (χ0v) is 12.8. The molecule has 1 fully saturated rings. The summed E-state index contributed by atoms with van der Waals surface area (Å²) in [7, 11) is 0. The van der Waals surface area contributed by atoms with E-state index in [0.717, 1.165) is 24.6 Å². The van der Waals surface area contributed by atoms with Gasteiger partial charge < -0.3 is 10.6 Å². The Morgan fingerprint density at radius 2 is 1.95 bits per heavy atom. The number of nitrogens with two attached hydrogens (primary N) is 1. The maximum Gasteiger partial charge on any atom is 0.133 e. The van der Waals surface area contributed by atoms with Crippen molar-refractivity contribution in [3.05, 3.63) is 22.9 Å². The Morgan fingerprint density at radius 1 is 1.32 bits per heavy atom. The van der Waals surface area contributed by atoms with Crippen LogP contribution >= 0.6 is 0 Å². The molecule has 0 atom stereocenters. The lowest BCUT2D eigenvalue weighted by atomic mass is 9.78. The Bertz CT molecular complexity index is 446. The SMILES string of the molecule is CCC1(C)CCN(c2nc(C)cc(C)c2CN)CC1. The van der Waals surface area contributed by atoms with Gasteiger partial charge in [-0.15, -0.1) is 0 Å². The van der Waals surface area contributed by atoms with E-state index in [9.17, 15) is 0 Å². The highest BCUT2D eigenvalue weighted by Crippen LogP contribution is 2.36. The van der Waals surface area contributed by atoms with E-state index >= 15 is 0 Å². The molecule has 2 heterocycles. The lowest BCUT2D eigenvalue weighted by Crippen LogP contribution is -2.39. The lowest BCUT2D eigenvalue weighted by Gasteiger charge is -2.40. The van der Waals surface area contributed by atoms with Crippen molar-refractivity contribution >= 4 is 5.82 Å². The van der Waals surface area contributed by atoms with Gasteiger partial charge in [0.1, 0.15) is 5.82 Å². The Balaban J connectivity index is 2.24. The average Bonchev–Trinajstić information content (AvgIpc) is 2.39. The van der Waals surface area contributed by atoms with Gasteiger partial charge in [-0.2, -0.15) is 0 Å². The van der Waals surface area contributed by atoms with Crippen molar-refractivity contribution in [1.29, 1.82) is 0 Å². The summed E-state index contributed by atoms with van der Waals surface area (Å²) in [4.78, 5) is 7.18. The molecule has 106 valence electrons. The van der Waals surface area contributed by atoms with Crippen LogP contribution in [0.5, 0.6) is 0 Å². The van der Waals surface area contributed by atoms with Gasteiger partial charge in [0.15, 0.2) is 0 Å². The molecule has 0 saturated carbocycles. The summed E-state index contributed by atoms with van der Waals surface area (Å²) >= 11 is 0. The van der Waals surface area contributed by atoms with Gasteiger partial charge in [0, 0.05) is 30.9 Å². The molecule has 1 saturated heterocycles. The van der Waals surface area contributed by atoms with Gasteiger partial charge >= 0.3 is 0 Å². The smallest absolute Gasteiger partial charge is 0.133 e. The number of aromatic nitrogens is 1. The van der Waals surface area contributed by atoms with Gasteiger partial charge in [0.2, 0.25) is 0 Å². The van der Waals surface area contributed by atoms with Crippen LogP contribution in [0.25, 0.3) is 0 Å². The van der Waals surface area contributed by atoms with Gasteiger partial charge in [-0.05, 0) is 43.7 Å². The first-order chi connectivity index (χ1) is 8.99.